The highest BCUT2D eigenvalue weighted by molar-refractivity contribution is 5.91. The lowest BCUT2D eigenvalue weighted by molar-refractivity contribution is 0.0691. The highest BCUT2D eigenvalue weighted by Gasteiger charge is 2.20. The molecule has 0 radical (unpaired) electrons. The maximum absolute atomic E-state index is 11.7. The molecule has 1 aliphatic heterocycles. The number of carboxylic acid groups (broad SMARTS) is 1. The Labute approximate surface area is 185 Å². The van der Waals surface area contributed by atoms with Crippen molar-refractivity contribution >= 4 is 30.8 Å². The van der Waals surface area contributed by atoms with E-state index in [1.807, 2.05) is 36.4 Å². The second kappa shape index (κ2) is 12.0. The van der Waals surface area contributed by atoms with Crippen molar-refractivity contribution in [2.24, 2.45) is 0 Å². The van der Waals surface area contributed by atoms with E-state index in [2.05, 4.69) is 23.6 Å². The van der Waals surface area contributed by atoms with E-state index < -0.39 is 5.97 Å². The van der Waals surface area contributed by atoms with Gasteiger partial charge in [-0.3, -0.25) is 9.80 Å². The zero-order chi connectivity index (χ0) is 19.2. The molecule has 0 aromatic heterocycles. The maximum atomic E-state index is 11.7. The van der Waals surface area contributed by atoms with E-state index in [-0.39, 0.29) is 30.4 Å². The summed E-state index contributed by atoms with van der Waals surface area (Å²) in [5, 5.41) is 9.59. The van der Waals surface area contributed by atoms with Crippen LogP contribution in [0.1, 0.15) is 35.3 Å². The molecule has 0 saturated carbocycles. The molecule has 160 valence electrons. The minimum absolute atomic E-state index is 0. The molecule has 1 N–H and O–H groups in total. The third kappa shape index (κ3) is 7.19. The van der Waals surface area contributed by atoms with Crippen LogP contribution in [-0.4, -0.2) is 53.1 Å². The summed E-state index contributed by atoms with van der Waals surface area (Å²) in [6.07, 6.45) is 0. The van der Waals surface area contributed by atoms with Crippen molar-refractivity contribution in [1.29, 1.82) is 0 Å². The third-order valence-corrected chi connectivity index (χ3v) is 5.05. The van der Waals surface area contributed by atoms with E-state index in [0.717, 1.165) is 43.9 Å². The summed E-state index contributed by atoms with van der Waals surface area (Å²) in [4.78, 5) is 16.5. The monoisotopic (exact) mass is 440 g/mol. The molecule has 2 aromatic carbocycles. The molecular formula is C22H30Cl2N2O3. The van der Waals surface area contributed by atoms with E-state index in [0.29, 0.717) is 18.4 Å². The molecule has 0 spiro atoms. The number of piperazine rings is 1. The van der Waals surface area contributed by atoms with Crippen molar-refractivity contribution < 1.29 is 14.6 Å². The van der Waals surface area contributed by atoms with Gasteiger partial charge in [-0.2, -0.15) is 0 Å². The van der Waals surface area contributed by atoms with Gasteiger partial charge in [0.15, 0.2) is 0 Å². The number of aromatic carboxylic acids is 1. The molecule has 7 heteroatoms. The van der Waals surface area contributed by atoms with Crippen LogP contribution in [0.25, 0.3) is 0 Å². The van der Waals surface area contributed by atoms with Crippen molar-refractivity contribution in [2.75, 3.05) is 26.2 Å². The first-order chi connectivity index (χ1) is 13.0. The smallest absolute Gasteiger partial charge is 0.339 e. The zero-order valence-corrected chi connectivity index (χ0v) is 18.5. The first kappa shape index (κ1) is 25.2. The number of hydrogen-bond acceptors (Lipinski definition) is 4. The molecule has 0 atom stereocenters. The summed E-state index contributed by atoms with van der Waals surface area (Å²) in [6, 6.07) is 15.8. The first-order valence-corrected chi connectivity index (χ1v) is 9.52. The Bertz CT molecular complexity index is 764. The van der Waals surface area contributed by atoms with Gasteiger partial charge in [0.2, 0.25) is 0 Å². The average Bonchev–Trinajstić information content (AvgIpc) is 2.68. The molecule has 5 nitrogen and oxygen atoms in total. The van der Waals surface area contributed by atoms with E-state index in [4.69, 9.17) is 4.74 Å². The van der Waals surface area contributed by atoms with Crippen LogP contribution in [0.15, 0.2) is 48.5 Å². The predicted molar refractivity (Wildman–Crippen MR) is 121 cm³/mol. The molecule has 0 bridgehead atoms. The molecule has 29 heavy (non-hydrogen) atoms. The number of halogens is 2. The molecule has 2 aromatic rings. The van der Waals surface area contributed by atoms with Gasteiger partial charge in [-0.1, -0.05) is 36.4 Å². The fraction of sp³-hybridized carbons (Fsp3) is 0.409. The van der Waals surface area contributed by atoms with Gasteiger partial charge < -0.3 is 9.84 Å². The van der Waals surface area contributed by atoms with E-state index in [9.17, 15) is 9.90 Å². The number of carboxylic acids is 1. The van der Waals surface area contributed by atoms with Crippen molar-refractivity contribution in [3.63, 3.8) is 0 Å². The topological polar surface area (TPSA) is 53.0 Å². The maximum Gasteiger partial charge on any atom is 0.339 e. The van der Waals surface area contributed by atoms with Crippen LogP contribution in [0.4, 0.5) is 0 Å². The van der Waals surface area contributed by atoms with Gasteiger partial charge in [-0.15, -0.1) is 24.8 Å². The van der Waals surface area contributed by atoms with Crippen LogP contribution in [0.3, 0.4) is 0 Å². The van der Waals surface area contributed by atoms with Gasteiger partial charge in [0.05, 0.1) is 0 Å². The molecular weight excluding hydrogens is 411 g/mol. The second-order valence-electron chi connectivity index (χ2n) is 7.32. The largest absolute Gasteiger partial charge is 0.488 e. The van der Waals surface area contributed by atoms with Crippen molar-refractivity contribution in [3.8, 4) is 5.75 Å². The van der Waals surface area contributed by atoms with Crippen LogP contribution in [0, 0.1) is 0 Å². The van der Waals surface area contributed by atoms with Crippen molar-refractivity contribution in [3.05, 3.63) is 65.2 Å². The molecule has 3 rings (SSSR count). The van der Waals surface area contributed by atoms with Crippen LogP contribution >= 0.6 is 24.8 Å². The Hall–Kier alpha value is -1.79. The van der Waals surface area contributed by atoms with Gasteiger partial charge in [0, 0.05) is 38.8 Å². The Kier molecular flexibility index (Phi) is 10.5. The minimum Gasteiger partial charge on any atom is -0.488 e. The van der Waals surface area contributed by atoms with Crippen LogP contribution in [-0.2, 0) is 13.2 Å². The number of rotatable bonds is 7. The molecule has 1 saturated heterocycles. The second-order valence-corrected chi connectivity index (χ2v) is 7.32. The fourth-order valence-electron chi connectivity index (χ4n) is 3.40. The molecule has 0 aliphatic carbocycles. The summed E-state index contributed by atoms with van der Waals surface area (Å²) < 4.78 is 5.77. The fourth-order valence-corrected chi connectivity index (χ4v) is 3.40. The first-order valence-electron chi connectivity index (χ1n) is 9.52. The summed E-state index contributed by atoms with van der Waals surface area (Å²) in [5.41, 5.74) is 2.25. The van der Waals surface area contributed by atoms with E-state index in [1.54, 1.807) is 12.1 Å². The summed E-state index contributed by atoms with van der Waals surface area (Å²) >= 11 is 0. The molecule has 0 unspecified atom stereocenters. The Morgan fingerprint density at radius 3 is 2.24 bits per heavy atom. The lowest BCUT2D eigenvalue weighted by atomic mass is 10.1. The van der Waals surface area contributed by atoms with Crippen molar-refractivity contribution in [2.45, 2.75) is 33.0 Å². The number of nitrogens with zero attached hydrogens (tertiary/aromatic N) is 2. The summed E-state index contributed by atoms with van der Waals surface area (Å²) in [7, 11) is 0. The molecule has 1 heterocycles. The number of benzene rings is 2. The highest BCUT2D eigenvalue weighted by atomic mass is 35.5. The van der Waals surface area contributed by atoms with Gasteiger partial charge in [-0.05, 0) is 37.1 Å². The Morgan fingerprint density at radius 1 is 1.00 bits per heavy atom. The van der Waals surface area contributed by atoms with E-state index in [1.165, 1.54) is 0 Å². The highest BCUT2D eigenvalue weighted by Crippen LogP contribution is 2.23. The number of carbonyl (C=O) groups is 1. The quantitative estimate of drug-likeness (QED) is 0.693. The number of hydrogen-bond donors (Lipinski definition) is 1. The molecule has 1 fully saturated rings. The lowest BCUT2D eigenvalue weighted by Crippen LogP contribution is -2.48. The van der Waals surface area contributed by atoms with Crippen molar-refractivity contribution in [1.82, 2.24) is 9.80 Å². The Morgan fingerprint density at radius 2 is 1.66 bits per heavy atom. The van der Waals surface area contributed by atoms with Crippen LogP contribution < -0.4 is 4.74 Å². The predicted octanol–water partition coefficient (Wildman–Crippen LogP) is 4.33. The minimum atomic E-state index is -0.954. The SMILES string of the molecule is CC(C)N1CCN(Cc2ccc(OCc3ccccc3)c(C(=O)O)c2)CC1.Cl.Cl. The molecule has 1 aliphatic rings. The standard InChI is InChI=1S/C22H28N2O3.2ClH/c1-17(2)24-12-10-23(11-13-24)15-19-8-9-21(20(14-19)22(25)26)27-16-18-6-4-3-5-7-18;;/h3-9,14,17H,10-13,15-16H2,1-2H3,(H,25,26);2*1H. The van der Waals surface area contributed by atoms with Gasteiger partial charge in [0.1, 0.15) is 17.9 Å². The van der Waals surface area contributed by atoms with E-state index >= 15 is 0 Å². The lowest BCUT2D eigenvalue weighted by Gasteiger charge is -2.37. The molecule has 0 amide bonds. The third-order valence-electron chi connectivity index (χ3n) is 5.05. The summed E-state index contributed by atoms with van der Waals surface area (Å²) in [5.74, 6) is -0.538. The van der Waals surface area contributed by atoms with Crippen LogP contribution in [0.5, 0.6) is 5.75 Å². The zero-order valence-electron chi connectivity index (χ0n) is 16.9. The summed E-state index contributed by atoms with van der Waals surface area (Å²) in [6.45, 7) is 9.71. The van der Waals surface area contributed by atoms with Gasteiger partial charge in [0.25, 0.3) is 0 Å². The Balaban J connectivity index is 0.00000210. The van der Waals surface area contributed by atoms with Gasteiger partial charge in [-0.25, -0.2) is 4.79 Å². The number of ether oxygens (including phenoxy) is 1. The van der Waals surface area contributed by atoms with Crippen LogP contribution in [0.2, 0.25) is 0 Å². The normalized spacial score (nSPS) is 14.7. The average molecular weight is 441 g/mol. The van der Waals surface area contributed by atoms with Gasteiger partial charge >= 0.3 is 5.97 Å².